The quantitative estimate of drug-likeness (QED) is 0.0385. The predicted octanol–water partition coefficient (Wildman–Crippen LogP) is 7.07. The van der Waals surface area contributed by atoms with Gasteiger partial charge in [-0.15, -0.1) is 21.5 Å². The monoisotopic (exact) mass is 932 g/mol. The number of nitrogen functional groups attached to an aromatic ring is 1. The highest BCUT2D eigenvalue weighted by Gasteiger charge is 2.44. The molecule has 15 nitrogen and oxygen atoms in total. The Balaban J connectivity index is 0.886. The van der Waals surface area contributed by atoms with Crippen molar-refractivity contribution in [3.63, 3.8) is 0 Å². The minimum atomic E-state index is -0.883. The Labute approximate surface area is 397 Å². The number of para-hydroxylation sites is 1. The van der Waals surface area contributed by atoms with E-state index in [1.54, 1.807) is 41.7 Å². The lowest BCUT2D eigenvalue weighted by Crippen LogP contribution is -2.57. The Morgan fingerprint density at radius 1 is 0.881 bits per heavy atom. The van der Waals surface area contributed by atoms with Gasteiger partial charge in [0, 0.05) is 56.4 Å². The first-order chi connectivity index (χ1) is 32.2. The van der Waals surface area contributed by atoms with Crippen molar-refractivity contribution < 1.29 is 34.1 Å². The highest BCUT2D eigenvalue weighted by Crippen LogP contribution is 2.32. The van der Waals surface area contributed by atoms with Crippen molar-refractivity contribution in [3.8, 4) is 33.2 Å². The maximum absolute atomic E-state index is 14.0. The summed E-state index contributed by atoms with van der Waals surface area (Å²) in [6, 6.07) is 24.4. The number of carbonyl (C=O) groups is 4. The number of hydrogen-bond donors (Lipinski definition) is 6. The maximum atomic E-state index is 14.0. The van der Waals surface area contributed by atoms with Crippen LogP contribution in [0.3, 0.4) is 0 Å². The van der Waals surface area contributed by atoms with Crippen LogP contribution >= 0.6 is 11.3 Å². The van der Waals surface area contributed by atoms with E-state index in [0.717, 1.165) is 59.4 Å². The minimum absolute atomic E-state index is 0.0124. The first-order valence-corrected chi connectivity index (χ1v) is 24.0. The molecule has 356 valence electrons. The van der Waals surface area contributed by atoms with Crippen molar-refractivity contribution in [2.75, 3.05) is 25.4 Å². The summed E-state index contributed by atoms with van der Waals surface area (Å²) in [5.41, 5.74) is 12.1. The number of aryl methyl sites for hydroxylation is 1. The van der Waals surface area contributed by atoms with E-state index in [1.807, 2.05) is 87.8 Å². The average molecular weight is 933 g/mol. The minimum Gasteiger partial charge on any atom is -0.507 e. The highest BCUT2D eigenvalue weighted by atomic mass is 32.1. The number of rotatable bonds is 22. The van der Waals surface area contributed by atoms with Gasteiger partial charge in [-0.05, 0) is 54.0 Å². The summed E-state index contributed by atoms with van der Waals surface area (Å²) in [5.74, 6) is -0.673. The molecule has 0 saturated carbocycles. The van der Waals surface area contributed by atoms with Crippen molar-refractivity contribution in [1.29, 1.82) is 0 Å². The highest BCUT2D eigenvalue weighted by molar-refractivity contribution is 7.13. The van der Waals surface area contributed by atoms with Crippen LogP contribution in [0.2, 0.25) is 0 Å². The number of nitrogens with two attached hydrogens (primary N) is 1. The van der Waals surface area contributed by atoms with Gasteiger partial charge in [-0.1, -0.05) is 113 Å². The molecule has 1 aliphatic heterocycles. The first kappa shape index (κ1) is 50.0. The third kappa shape index (κ3) is 14.3. The second-order valence-electron chi connectivity index (χ2n) is 18.3. The Morgan fingerprint density at radius 2 is 1.55 bits per heavy atom. The number of aromatic nitrogens is 3. The lowest BCUT2D eigenvalue weighted by Gasteiger charge is -2.35. The largest absolute Gasteiger partial charge is 0.507 e. The number of aliphatic hydroxyl groups is 1. The number of β-amino-alcohol motifs (C(OH)–C–C–N with tert-alkyl or cyclic N) is 1. The molecule has 0 radical (unpaired) electrons. The summed E-state index contributed by atoms with van der Waals surface area (Å²) in [6.45, 7) is 8.46. The molecule has 2 unspecified atom stereocenters. The lowest BCUT2D eigenvalue weighted by atomic mass is 9.85. The van der Waals surface area contributed by atoms with E-state index in [-0.39, 0.29) is 73.7 Å². The van der Waals surface area contributed by atoms with Crippen LogP contribution in [0.15, 0.2) is 90.4 Å². The number of unbranched alkanes of at least 4 members (excludes halogenated alkanes) is 5. The van der Waals surface area contributed by atoms with E-state index in [9.17, 15) is 29.4 Å². The zero-order valence-corrected chi connectivity index (χ0v) is 39.7. The number of aliphatic hydroxyl groups excluding tert-OH is 1. The molecule has 1 saturated heterocycles. The fourth-order valence-corrected chi connectivity index (χ4v) is 8.94. The average Bonchev–Trinajstić information content (AvgIpc) is 3.93. The van der Waals surface area contributed by atoms with Gasteiger partial charge in [0.2, 0.25) is 23.6 Å². The number of phenolic OH excluding ortho intramolecular Hbond substituents is 1. The molecular weight excluding hydrogens is 869 g/mol. The van der Waals surface area contributed by atoms with Gasteiger partial charge in [0.1, 0.15) is 23.5 Å². The second-order valence-corrected chi connectivity index (χ2v) is 19.1. The molecule has 0 bridgehead atoms. The van der Waals surface area contributed by atoms with Crippen LogP contribution < -0.4 is 26.4 Å². The molecule has 0 aliphatic carbocycles. The Morgan fingerprint density at radius 3 is 2.22 bits per heavy atom. The molecular formula is C51H64N8O7S. The number of carbonyl (C=O) groups excluding carboxylic acids is 4. The molecule has 3 aromatic carbocycles. The SMILES string of the molecule is Cc1ncsc1-c1ccc(CNC(=O)[C@@H]2C[C@@H](O)CN2C(=O)C(NC(=O)CCCCCCCCC(=O)NCC(COc2cc(-c3ccccc3O)nnc2N)c2ccccc2)C(C)(C)C)cc1. The van der Waals surface area contributed by atoms with Gasteiger partial charge >= 0.3 is 0 Å². The number of thiazole rings is 1. The van der Waals surface area contributed by atoms with Crippen LogP contribution in [-0.2, 0) is 25.7 Å². The topological polar surface area (TPSA) is 222 Å². The lowest BCUT2D eigenvalue weighted by molar-refractivity contribution is -0.144. The van der Waals surface area contributed by atoms with Crippen LogP contribution in [0, 0.1) is 12.3 Å². The number of aromatic hydroxyl groups is 1. The molecule has 67 heavy (non-hydrogen) atoms. The van der Waals surface area contributed by atoms with Crippen molar-refractivity contribution in [2.45, 2.75) is 116 Å². The summed E-state index contributed by atoms with van der Waals surface area (Å²) in [6.07, 6.45) is 4.80. The molecule has 5 aromatic rings. The zero-order valence-electron chi connectivity index (χ0n) is 38.9. The van der Waals surface area contributed by atoms with Gasteiger partial charge in [0.25, 0.3) is 0 Å². The van der Waals surface area contributed by atoms with Crippen molar-refractivity contribution in [3.05, 3.63) is 107 Å². The van der Waals surface area contributed by atoms with E-state index in [2.05, 4.69) is 31.1 Å². The van der Waals surface area contributed by atoms with E-state index >= 15 is 0 Å². The molecule has 7 N–H and O–H groups in total. The number of nitrogens with zero attached hydrogens (tertiary/aromatic N) is 4. The first-order valence-electron chi connectivity index (χ1n) is 23.1. The maximum Gasteiger partial charge on any atom is 0.246 e. The fraction of sp³-hybridized carbons (Fsp3) is 0.431. The van der Waals surface area contributed by atoms with Gasteiger partial charge in [0.15, 0.2) is 11.6 Å². The van der Waals surface area contributed by atoms with Gasteiger partial charge in [-0.2, -0.15) is 0 Å². The molecule has 6 rings (SSSR count). The van der Waals surface area contributed by atoms with E-state index < -0.39 is 23.6 Å². The molecule has 1 aliphatic rings. The van der Waals surface area contributed by atoms with Crippen LogP contribution in [0.25, 0.3) is 21.7 Å². The number of anilines is 1. The Hall–Kier alpha value is -6.39. The van der Waals surface area contributed by atoms with Gasteiger partial charge in [0.05, 0.1) is 28.8 Å². The summed E-state index contributed by atoms with van der Waals surface area (Å²) < 4.78 is 6.13. The zero-order chi connectivity index (χ0) is 47.9. The number of benzene rings is 3. The van der Waals surface area contributed by atoms with Crippen LogP contribution in [0.5, 0.6) is 11.5 Å². The smallest absolute Gasteiger partial charge is 0.246 e. The number of amides is 4. The summed E-state index contributed by atoms with van der Waals surface area (Å²) in [4.78, 5) is 60.4. The number of likely N-dealkylation sites (tertiary alicyclic amines) is 1. The standard InChI is InChI=1S/C51H64N8O7S/c1-33-46(67-32-55-33)36-24-22-34(23-25-36)28-54-49(64)41-26-38(60)30-59(41)50(65)47(51(2,3)4)56-45(63)21-13-8-6-5-7-12-20-44(62)53-29-37(35-16-10-9-11-17-35)31-66-43-27-40(57-58-48(43)52)39-18-14-15-19-42(39)61/h9-11,14-19,22-25,27,32,37-38,41,47,60-61H,5-8,12-13,20-21,26,28-31H2,1-4H3,(H2,52,58)(H,53,62)(H,54,64)(H,56,63)/t37?,38-,41+,47?/m1/s1. The van der Waals surface area contributed by atoms with Crippen molar-refractivity contribution in [1.82, 2.24) is 36.0 Å². The third-order valence-corrected chi connectivity index (χ3v) is 13.0. The number of nitrogens with one attached hydrogen (secondary N) is 3. The van der Waals surface area contributed by atoms with Crippen LogP contribution in [0.4, 0.5) is 5.82 Å². The number of phenols is 1. The normalized spacial score (nSPS) is 15.7. The summed E-state index contributed by atoms with van der Waals surface area (Å²) in [5, 5.41) is 38.0. The molecule has 4 atom stereocenters. The second kappa shape index (κ2) is 23.9. The van der Waals surface area contributed by atoms with E-state index in [1.165, 1.54) is 4.90 Å². The molecule has 0 spiro atoms. The van der Waals surface area contributed by atoms with Crippen molar-refractivity contribution in [2.24, 2.45) is 5.41 Å². The van der Waals surface area contributed by atoms with E-state index in [4.69, 9.17) is 10.5 Å². The predicted molar refractivity (Wildman–Crippen MR) is 260 cm³/mol. The summed E-state index contributed by atoms with van der Waals surface area (Å²) in [7, 11) is 0. The molecule has 16 heteroatoms. The molecule has 1 fully saturated rings. The Kier molecular flexibility index (Phi) is 17.8. The Bertz CT molecular complexity index is 2420. The molecule has 2 aromatic heterocycles. The number of ether oxygens (including phenoxy) is 1. The van der Waals surface area contributed by atoms with Crippen LogP contribution in [-0.4, -0.2) is 91.8 Å². The number of hydrogen-bond acceptors (Lipinski definition) is 12. The fourth-order valence-electron chi connectivity index (χ4n) is 8.13. The van der Waals surface area contributed by atoms with Gasteiger partial charge < -0.3 is 41.5 Å². The van der Waals surface area contributed by atoms with Gasteiger partial charge in [-0.3, -0.25) is 19.2 Å². The molecule has 4 amide bonds. The summed E-state index contributed by atoms with van der Waals surface area (Å²) >= 11 is 1.58. The van der Waals surface area contributed by atoms with E-state index in [0.29, 0.717) is 36.4 Å². The third-order valence-electron chi connectivity index (χ3n) is 12.0. The van der Waals surface area contributed by atoms with Gasteiger partial charge in [-0.25, -0.2) is 4.98 Å². The molecule has 3 heterocycles. The van der Waals surface area contributed by atoms with Crippen LogP contribution in [0.1, 0.15) is 101 Å². The van der Waals surface area contributed by atoms with Crippen molar-refractivity contribution >= 4 is 40.8 Å².